The van der Waals surface area contributed by atoms with Crippen molar-refractivity contribution in [1.82, 2.24) is 4.72 Å². The van der Waals surface area contributed by atoms with Gasteiger partial charge in [0, 0.05) is 11.6 Å². The average molecular weight is 320 g/mol. The van der Waals surface area contributed by atoms with E-state index in [1.54, 1.807) is 0 Å². The second kappa shape index (κ2) is 7.62. The van der Waals surface area contributed by atoms with E-state index in [1.807, 2.05) is 12.2 Å². The summed E-state index contributed by atoms with van der Waals surface area (Å²) >= 11 is 6.13. The molecule has 1 aliphatic carbocycles. The first kappa shape index (κ1) is 17.7. The van der Waals surface area contributed by atoms with Crippen LogP contribution in [0.4, 0.5) is 0 Å². The normalized spacial score (nSPS) is 25.4. The summed E-state index contributed by atoms with van der Waals surface area (Å²) in [5.74, 6) is 2.05. The molecule has 1 fully saturated rings. The Hall–Kier alpha value is -0.320. The van der Waals surface area contributed by atoms with E-state index >= 15 is 0 Å². The van der Waals surface area contributed by atoms with Gasteiger partial charge in [-0.2, -0.15) is 0 Å². The minimum absolute atomic E-state index is 0.250. The van der Waals surface area contributed by atoms with Crippen LogP contribution in [0.3, 0.4) is 0 Å². The molecule has 0 aliphatic heterocycles. The number of rotatable bonds is 8. The molecular weight excluding hydrogens is 294 g/mol. The number of allylic oxidation sites excluding steroid dienone is 3. The summed E-state index contributed by atoms with van der Waals surface area (Å²) in [4.78, 5) is 0. The van der Waals surface area contributed by atoms with Crippen LogP contribution in [-0.4, -0.2) is 21.2 Å². The molecule has 0 heterocycles. The summed E-state index contributed by atoms with van der Waals surface area (Å²) in [5.41, 5.74) is 0. The van der Waals surface area contributed by atoms with E-state index in [2.05, 4.69) is 31.6 Å². The lowest BCUT2D eigenvalue weighted by Crippen LogP contribution is -2.28. The van der Waals surface area contributed by atoms with Gasteiger partial charge in [-0.3, -0.25) is 0 Å². The minimum atomic E-state index is -3.13. The maximum atomic E-state index is 11.2. The highest BCUT2D eigenvalue weighted by molar-refractivity contribution is 7.88. The number of hydrogen-bond donors (Lipinski definition) is 1. The maximum absolute atomic E-state index is 11.2. The second-order valence-corrected chi connectivity index (χ2v) is 8.58. The summed E-state index contributed by atoms with van der Waals surface area (Å²) in [6.07, 6.45) is 9.20. The molecule has 1 N–H and O–H groups in total. The van der Waals surface area contributed by atoms with Crippen molar-refractivity contribution in [2.45, 2.75) is 33.6 Å². The van der Waals surface area contributed by atoms with Gasteiger partial charge in [0.25, 0.3) is 0 Å². The largest absolute Gasteiger partial charge is 0.215 e. The van der Waals surface area contributed by atoms with Crippen molar-refractivity contribution < 1.29 is 8.42 Å². The lowest BCUT2D eigenvalue weighted by molar-refractivity contribution is 0.516. The van der Waals surface area contributed by atoms with E-state index in [9.17, 15) is 8.42 Å². The van der Waals surface area contributed by atoms with Gasteiger partial charge in [-0.05, 0) is 42.6 Å². The third-order valence-electron chi connectivity index (χ3n) is 3.54. The predicted molar refractivity (Wildman–Crippen MR) is 86.1 cm³/mol. The molecule has 1 saturated carbocycles. The molecule has 3 atom stereocenters. The van der Waals surface area contributed by atoms with Crippen molar-refractivity contribution in [1.29, 1.82) is 0 Å². The zero-order chi connectivity index (χ0) is 15.3. The Morgan fingerprint density at radius 1 is 1.45 bits per heavy atom. The summed E-state index contributed by atoms with van der Waals surface area (Å²) in [6.45, 7) is 6.93. The molecule has 3 nitrogen and oxygen atoms in total. The first-order valence-electron chi connectivity index (χ1n) is 7.16. The lowest BCUT2D eigenvalue weighted by Gasteiger charge is -2.12. The van der Waals surface area contributed by atoms with Crippen LogP contribution >= 0.6 is 11.6 Å². The Morgan fingerprint density at radius 2 is 2.05 bits per heavy atom. The zero-order valence-electron chi connectivity index (χ0n) is 12.8. The van der Waals surface area contributed by atoms with E-state index in [0.29, 0.717) is 24.3 Å². The highest BCUT2D eigenvalue weighted by atomic mass is 35.5. The third-order valence-corrected chi connectivity index (χ3v) is 4.51. The first-order valence-corrected chi connectivity index (χ1v) is 9.43. The fourth-order valence-electron chi connectivity index (χ4n) is 2.32. The highest BCUT2D eigenvalue weighted by Crippen LogP contribution is 2.44. The van der Waals surface area contributed by atoms with Crippen LogP contribution in [-0.2, 0) is 10.0 Å². The Kier molecular flexibility index (Phi) is 6.76. The number of sulfonamides is 1. The third kappa shape index (κ3) is 7.46. The molecule has 0 spiro atoms. The number of nitrogens with one attached hydrogen (secondary N) is 1. The van der Waals surface area contributed by atoms with Crippen molar-refractivity contribution in [2.75, 3.05) is 12.8 Å². The molecule has 0 amide bonds. The topological polar surface area (TPSA) is 46.2 Å². The predicted octanol–water partition coefficient (Wildman–Crippen LogP) is 3.53. The van der Waals surface area contributed by atoms with Gasteiger partial charge in [0.1, 0.15) is 0 Å². The smallest absolute Gasteiger partial charge is 0.208 e. The maximum Gasteiger partial charge on any atom is 0.208 e. The van der Waals surface area contributed by atoms with Gasteiger partial charge in [-0.25, -0.2) is 13.1 Å². The molecule has 5 heteroatoms. The van der Waals surface area contributed by atoms with Crippen molar-refractivity contribution in [2.24, 2.45) is 23.7 Å². The molecule has 0 aromatic carbocycles. The first-order chi connectivity index (χ1) is 9.19. The van der Waals surface area contributed by atoms with Gasteiger partial charge in [0.2, 0.25) is 10.0 Å². The quantitative estimate of drug-likeness (QED) is 0.696. The van der Waals surface area contributed by atoms with Gasteiger partial charge in [-0.15, -0.1) is 0 Å². The molecule has 3 unspecified atom stereocenters. The number of halogens is 1. The van der Waals surface area contributed by atoms with Gasteiger partial charge in [0.15, 0.2) is 0 Å². The van der Waals surface area contributed by atoms with E-state index in [4.69, 9.17) is 11.6 Å². The molecule has 0 radical (unpaired) electrons. The van der Waals surface area contributed by atoms with Crippen molar-refractivity contribution in [3.05, 3.63) is 23.3 Å². The monoisotopic (exact) mass is 319 g/mol. The Balaban J connectivity index is 2.57. The standard InChI is InChI=1S/C15H26ClNO2S/c1-11(2)8-14(16)7-5-6-13(15-9-12(15)3)10-17-20(4,18)19/h5-7,11-13,15,17H,8-10H2,1-4H3/b6-5-,14-7+. The Bertz CT molecular complexity index is 468. The van der Waals surface area contributed by atoms with E-state index in [0.717, 1.165) is 11.5 Å². The summed E-state index contributed by atoms with van der Waals surface area (Å²) in [5, 5.41) is 0.843. The molecule has 1 rings (SSSR count). The molecule has 116 valence electrons. The van der Waals surface area contributed by atoms with Gasteiger partial charge < -0.3 is 0 Å². The number of hydrogen-bond acceptors (Lipinski definition) is 2. The zero-order valence-corrected chi connectivity index (χ0v) is 14.3. The SMILES string of the molecule is CC(C)C/C(Cl)=C\C=C/C(CNS(C)(=O)=O)C1CC1C. The second-order valence-electron chi connectivity index (χ2n) is 6.26. The Labute approximate surface area is 128 Å². The summed E-state index contributed by atoms with van der Waals surface area (Å²) in [6, 6.07) is 0. The molecular formula is C15H26ClNO2S. The van der Waals surface area contributed by atoms with E-state index in [-0.39, 0.29) is 5.92 Å². The van der Waals surface area contributed by atoms with Crippen molar-refractivity contribution in [3.63, 3.8) is 0 Å². The fourth-order valence-corrected chi connectivity index (χ4v) is 3.19. The molecule has 0 saturated heterocycles. The molecule has 0 bridgehead atoms. The summed E-state index contributed by atoms with van der Waals surface area (Å²) in [7, 11) is -3.13. The molecule has 0 aromatic heterocycles. The van der Waals surface area contributed by atoms with Gasteiger partial charge >= 0.3 is 0 Å². The van der Waals surface area contributed by atoms with Crippen LogP contribution in [0.25, 0.3) is 0 Å². The lowest BCUT2D eigenvalue weighted by atomic mass is 10.0. The van der Waals surface area contributed by atoms with Crippen molar-refractivity contribution >= 4 is 21.6 Å². The van der Waals surface area contributed by atoms with E-state index in [1.165, 1.54) is 12.7 Å². The van der Waals surface area contributed by atoms with E-state index < -0.39 is 10.0 Å². The van der Waals surface area contributed by atoms with Crippen LogP contribution in [0, 0.1) is 23.7 Å². The van der Waals surface area contributed by atoms with Crippen LogP contribution in [0.1, 0.15) is 33.6 Å². The van der Waals surface area contributed by atoms with Gasteiger partial charge in [0.05, 0.1) is 6.26 Å². The fraction of sp³-hybridized carbons (Fsp3) is 0.733. The minimum Gasteiger partial charge on any atom is -0.215 e. The average Bonchev–Trinajstić information content (AvgIpc) is 2.98. The molecule has 20 heavy (non-hydrogen) atoms. The van der Waals surface area contributed by atoms with Crippen LogP contribution in [0.2, 0.25) is 0 Å². The molecule has 1 aliphatic rings. The Morgan fingerprint density at radius 3 is 2.50 bits per heavy atom. The van der Waals surface area contributed by atoms with Crippen LogP contribution in [0.5, 0.6) is 0 Å². The summed E-state index contributed by atoms with van der Waals surface area (Å²) < 4.78 is 25.0. The van der Waals surface area contributed by atoms with Crippen molar-refractivity contribution in [3.8, 4) is 0 Å². The van der Waals surface area contributed by atoms with Gasteiger partial charge in [-0.1, -0.05) is 44.5 Å². The molecule has 0 aromatic rings. The highest BCUT2D eigenvalue weighted by Gasteiger charge is 2.38. The van der Waals surface area contributed by atoms with Crippen LogP contribution in [0.15, 0.2) is 23.3 Å². The van der Waals surface area contributed by atoms with Crippen LogP contribution < -0.4 is 4.72 Å².